The Morgan fingerprint density at radius 1 is 1.33 bits per heavy atom. The monoisotopic (exact) mass is 241 g/mol. The average molecular weight is 241 g/mol. The van der Waals surface area contributed by atoms with Gasteiger partial charge in [0.15, 0.2) is 0 Å². The quantitative estimate of drug-likeness (QED) is 0.604. The van der Waals surface area contributed by atoms with E-state index in [0.29, 0.717) is 13.0 Å². The Balaban J connectivity index is 2.16. The number of carbonyl (C=O) groups excluding carboxylic acids is 1. The number of rotatable bonds is 3. The molecule has 1 unspecified atom stereocenters. The number of ether oxygens (including phenoxy) is 1. The van der Waals surface area contributed by atoms with Crippen LogP contribution in [0.4, 0.5) is 0 Å². The first kappa shape index (κ1) is 12.5. The average Bonchev–Trinajstić information content (AvgIpc) is 2.46. The van der Waals surface area contributed by atoms with E-state index in [0.717, 1.165) is 18.4 Å². The molecule has 0 N–H and O–H groups in total. The Morgan fingerprint density at radius 2 is 2.11 bits per heavy atom. The van der Waals surface area contributed by atoms with Crippen LogP contribution < -0.4 is 0 Å². The minimum atomic E-state index is -0.437. The van der Waals surface area contributed by atoms with E-state index in [1.54, 1.807) is 6.08 Å². The highest BCUT2D eigenvalue weighted by molar-refractivity contribution is 6.06. The molecular formula is C15H15NO2. The fraction of sp³-hybridized carbons (Fsp3) is 0.333. The minimum Gasteiger partial charge on any atom is -0.370 e. The van der Waals surface area contributed by atoms with E-state index >= 15 is 0 Å². The van der Waals surface area contributed by atoms with Crippen LogP contribution >= 0.6 is 0 Å². The van der Waals surface area contributed by atoms with Gasteiger partial charge in [0.1, 0.15) is 12.2 Å². The fourth-order valence-corrected chi connectivity index (χ4v) is 2.00. The zero-order chi connectivity index (χ0) is 12.8. The van der Waals surface area contributed by atoms with Gasteiger partial charge >= 0.3 is 0 Å². The number of hydrogen-bond donors (Lipinski definition) is 0. The van der Waals surface area contributed by atoms with E-state index in [9.17, 15) is 4.79 Å². The van der Waals surface area contributed by atoms with Gasteiger partial charge in [-0.25, -0.2) is 0 Å². The summed E-state index contributed by atoms with van der Waals surface area (Å²) < 4.78 is 5.42. The molecule has 0 amide bonds. The van der Waals surface area contributed by atoms with E-state index in [1.807, 2.05) is 36.4 Å². The van der Waals surface area contributed by atoms with E-state index in [2.05, 4.69) is 0 Å². The summed E-state index contributed by atoms with van der Waals surface area (Å²) in [6.45, 7) is 0.612. The van der Waals surface area contributed by atoms with Crippen LogP contribution in [0.5, 0.6) is 0 Å². The fourth-order valence-electron chi connectivity index (χ4n) is 2.00. The van der Waals surface area contributed by atoms with Gasteiger partial charge in [-0.3, -0.25) is 4.79 Å². The maximum atomic E-state index is 12.1. The molecule has 18 heavy (non-hydrogen) atoms. The number of nitriles is 1. The van der Waals surface area contributed by atoms with Gasteiger partial charge in [-0.1, -0.05) is 30.3 Å². The lowest BCUT2D eigenvalue weighted by Crippen LogP contribution is -2.29. The third kappa shape index (κ3) is 3.06. The van der Waals surface area contributed by atoms with Gasteiger partial charge in [0.25, 0.3) is 0 Å². The topological polar surface area (TPSA) is 50.1 Å². The van der Waals surface area contributed by atoms with Crippen molar-refractivity contribution in [3.8, 4) is 6.07 Å². The highest BCUT2D eigenvalue weighted by Crippen LogP contribution is 2.18. The molecule has 0 aliphatic carbocycles. The molecule has 3 heteroatoms. The molecule has 2 rings (SSSR count). The summed E-state index contributed by atoms with van der Waals surface area (Å²) in [7, 11) is 0. The molecule has 3 nitrogen and oxygen atoms in total. The van der Waals surface area contributed by atoms with Crippen molar-refractivity contribution in [2.45, 2.75) is 25.4 Å². The standard InChI is InChI=1S/C15H15NO2/c16-11-13(10-12-6-2-1-3-7-12)15(17)14-8-4-5-9-18-14/h1-3,6-7,10,14H,4-5,8-9H2. The molecule has 0 saturated carbocycles. The van der Waals surface area contributed by atoms with E-state index in [4.69, 9.17) is 10.00 Å². The second kappa shape index (κ2) is 6.13. The molecule has 0 spiro atoms. The van der Waals surface area contributed by atoms with Crippen LogP contribution in [0.25, 0.3) is 6.08 Å². The molecule has 1 aromatic rings. The summed E-state index contributed by atoms with van der Waals surface area (Å²) in [5, 5.41) is 9.09. The van der Waals surface area contributed by atoms with Crippen LogP contribution in [-0.4, -0.2) is 18.5 Å². The minimum absolute atomic E-state index is 0.174. The Morgan fingerprint density at radius 3 is 2.72 bits per heavy atom. The van der Waals surface area contributed by atoms with Crippen LogP contribution in [0.1, 0.15) is 24.8 Å². The van der Waals surface area contributed by atoms with Crippen molar-refractivity contribution < 1.29 is 9.53 Å². The normalized spacial score (nSPS) is 20.2. The van der Waals surface area contributed by atoms with Gasteiger partial charge in [0.05, 0.1) is 5.57 Å². The maximum absolute atomic E-state index is 12.1. The van der Waals surface area contributed by atoms with Crippen molar-refractivity contribution in [2.75, 3.05) is 6.61 Å². The molecule has 1 atom stereocenters. The highest BCUT2D eigenvalue weighted by Gasteiger charge is 2.24. The predicted molar refractivity (Wildman–Crippen MR) is 68.6 cm³/mol. The van der Waals surface area contributed by atoms with E-state index in [-0.39, 0.29) is 11.4 Å². The Kier molecular flexibility index (Phi) is 4.27. The Hall–Kier alpha value is -1.92. The molecular weight excluding hydrogens is 226 g/mol. The number of ketones is 1. The van der Waals surface area contributed by atoms with Gasteiger partial charge in [-0.05, 0) is 30.9 Å². The summed E-state index contributed by atoms with van der Waals surface area (Å²) >= 11 is 0. The van der Waals surface area contributed by atoms with Crippen LogP contribution in [0.15, 0.2) is 35.9 Å². The van der Waals surface area contributed by atoms with E-state index in [1.165, 1.54) is 0 Å². The molecule has 0 bridgehead atoms. The smallest absolute Gasteiger partial charge is 0.202 e. The summed E-state index contributed by atoms with van der Waals surface area (Å²) in [6.07, 6.45) is 3.88. The van der Waals surface area contributed by atoms with Crippen molar-refractivity contribution in [1.29, 1.82) is 5.26 Å². The number of carbonyl (C=O) groups is 1. The molecule has 92 valence electrons. The van der Waals surface area contributed by atoms with Crippen LogP contribution in [0.3, 0.4) is 0 Å². The Bertz CT molecular complexity index is 479. The number of nitrogens with zero attached hydrogens (tertiary/aromatic N) is 1. The third-order valence-corrected chi connectivity index (χ3v) is 2.97. The SMILES string of the molecule is N#CC(=Cc1ccccc1)C(=O)C1CCCCO1. The van der Waals surface area contributed by atoms with Crippen molar-refractivity contribution in [2.24, 2.45) is 0 Å². The second-order valence-corrected chi connectivity index (χ2v) is 4.30. The van der Waals surface area contributed by atoms with Crippen molar-refractivity contribution in [1.82, 2.24) is 0 Å². The van der Waals surface area contributed by atoms with Gasteiger partial charge in [0.2, 0.25) is 5.78 Å². The van der Waals surface area contributed by atoms with E-state index < -0.39 is 6.10 Å². The predicted octanol–water partition coefficient (Wildman–Crippen LogP) is 2.73. The van der Waals surface area contributed by atoms with Gasteiger partial charge < -0.3 is 4.74 Å². The van der Waals surface area contributed by atoms with Crippen molar-refractivity contribution in [3.05, 3.63) is 41.5 Å². The third-order valence-electron chi connectivity index (χ3n) is 2.97. The first-order valence-corrected chi connectivity index (χ1v) is 6.14. The molecule has 1 aliphatic rings. The molecule has 0 radical (unpaired) electrons. The number of Topliss-reactive ketones (excluding diaryl/α,β-unsaturated/α-hetero) is 1. The first-order chi connectivity index (χ1) is 8.81. The molecule has 1 aliphatic heterocycles. The van der Waals surface area contributed by atoms with Crippen LogP contribution in [0, 0.1) is 11.3 Å². The number of hydrogen-bond acceptors (Lipinski definition) is 3. The van der Waals surface area contributed by atoms with Crippen LogP contribution in [0.2, 0.25) is 0 Å². The van der Waals surface area contributed by atoms with Gasteiger partial charge in [0, 0.05) is 6.61 Å². The summed E-state index contributed by atoms with van der Waals surface area (Å²) in [4.78, 5) is 12.1. The lowest BCUT2D eigenvalue weighted by Gasteiger charge is -2.20. The van der Waals surface area contributed by atoms with Crippen molar-refractivity contribution >= 4 is 11.9 Å². The Labute approximate surface area is 107 Å². The zero-order valence-electron chi connectivity index (χ0n) is 10.1. The molecule has 1 heterocycles. The zero-order valence-corrected chi connectivity index (χ0v) is 10.1. The highest BCUT2D eigenvalue weighted by atomic mass is 16.5. The number of benzene rings is 1. The lowest BCUT2D eigenvalue weighted by atomic mass is 9.99. The molecule has 0 aromatic heterocycles. The summed E-state index contributed by atoms with van der Waals surface area (Å²) in [5.74, 6) is -0.193. The van der Waals surface area contributed by atoms with Gasteiger partial charge in [-0.15, -0.1) is 0 Å². The van der Waals surface area contributed by atoms with Gasteiger partial charge in [-0.2, -0.15) is 5.26 Å². The molecule has 1 fully saturated rings. The second-order valence-electron chi connectivity index (χ2n) is 4.30. The maximum Gasteiger partial charge on any atom is 0.202 e. The molecule has 1 aromatic carbocycles. The lowest BCUT2D eigenvalue weighted by molar-refractivity contribution is -0.128. The van der Waals surface area contributed by atoms with Crippen LogP contribution in [-0.2, 0) is 9.53 Å². The summed E-state index contributed by atoms with van der Waals surface area (Å²) in [6, 6.07) is 11.4. The van der Waals surface area contributed by atoms with Crippen molar-refractivity contribution in [3.63, 3.8) is 0 Å². The first-order valence-electron chi connectivity index (χ1n) is 6.14. The largest absolute Gasteiger partial charge is 0.370 e. The molecule has 1 saturated heterocycles. The summed E-state index contributed by atoms with van der Waals surface area (Å²) in [5.41, 5.74) is 1.03.